The molecular formula is C31H28N2O8. The molecule has 0 fully saturated rings. The summed E-state index contributed by atoms with van der Waals surface area (Å²) in [5.74, 6) is -0.289. The number of carbonyl (C=O) groups excluding carboxylic acids is 2. The lowest BCUT2D eigenvalue weighted by atomic mass is 9.94. The van der Waals surface area contributed by atoms with E-state index in [9.17, 15) is 24.9 Å². The fraction of sp³-hybridized carbons (Fsp3) is 0.161. The second kappa shape index (κ2) is 12.3. The van der Waals surface area contributed by atoms with E-state index in [2.05, 4.69) is 10.6 Å². The van der Waals surface area contributed by atoms with Crippen LogP contribution in [-0.2, 0) is 19.5 Å². The molecule has 4 aromatic carbocycles. The molecule has 1 aliphatic rings. The minimum atomic E-state index is -1.07. The highest BCUT2D eigenvalue weighted by atomic mass is 16.6. The number of phenols is 2. The van der Waals surface area contributed by atoms with Crippen molar-refractivity contribution >= 4 is 12.2 Å². The van der Waals surface area contributed by atoms with Gasteiger partial charge in [-0.1, -0.05) is 66.7 Å². The summed E-state index contributed by atoms with van der Waals surface area (Å²) in [5.41, 5.74) is 2.50. The van der Waals surface area contributed by atoms with Crippen LogP contribution in [0.25, 0.3) is 0 Å². The van der Waals surface area contributed by atoms with E-state index in [1.54, 1.807) is 6.07 Å². The molecule has 1 heterocycles. The van der Waals surface area contributed by atoms with Crippen LogP contribution < -0.4 is 24.8 Å². The normalized spacial score (nSPS) is 15.6. The van der Waals surface area contributed by atoms with Crippen LogP contribution in [0, 0.1) is 0 Å². The van der Waals surface area contributed by atoms with Crippen molar-refractivity contribution < 1.29 is 39.1 Å². The molecule has 0 saturated heterocycles. The minimum absolute atomic E-state index is 0.0323. The standard InChI is InChI=1S/C31H28N2O8/c34-22-14-24(35)23-16-25(36)29(39-27(23)15-22)21-11-12-26(40-30(37)32-17-19-7-3-1-4-8-19)28(13-21)41-31(38)33-18-20-9-5-2-6-10-20/h1-15,25,29,34-36H,16-18H2,(H,32,37)(H,33,38)/t25-,29?/m1/s1. The molecule has 5 rings (SSSR count). The van der Waals surface area contributed by atoms with Gasteiger partial charge in [-0.15, -0.1) is 0 Å². The summed E-state index contributed by atoms with van der Waals surface area (Å²) in [4.78, 5) is 25.3. The Hall–Kier alpha value is -5.22. The first-order valence-corrected chi connectivity index (χ1v) is 12.9. The number of rotatable bonds is 7. The zero-order valence-electron chi connectivity index (χ0n) is 21.8. The fourth-order valence-electron chi connectivity index (χ4n) is 4.43. The Bertz CT molecular complexity index is 1530. The van der Waals surface area contributed by atoms with Gasteiger partial charge in [0, 0.05) is 37.2 Å². The number of phenolic OH excluding ortho intramolecular Hbond substituents is 2. The Morgan fingerprint density at radius 1 is 0.780 bits per heavy atom. The Morgan fingerprint density at radius 2 is 1.37 bits per heavy atom. The third-order valence-corrected chi connectivity index (χ3v) is 6.45. The van der Waals surface area contributed by atoms with Crippen LogP contribution in [-0.4, -0.2) is 33.6 Å². The molecule has 0 saturated carbocycles. The highest BCUT2D eigenvalue weighted by molar-refractivity contribution is 5.74. The summed E-state index contributed by atoms with van der Waals surface area (Å²) >= 11 is 0. The predicted octanol–water partition coefficient (Wildman–Crippen LogP) is 4.71. The van der Waals surface area contributed by atoms with Crippen LogP contribution >= 0.6 is 0 Å². The molecule has 2 amide bonds. The SMILES string of the molecule is O=C(NCc1ccccc1)Oc1ccc(C2Oc3cc(O)cc(O)c3C[C@H]2O)cc1OC(=O)NCc1ccccc1. The highest BCUT2D eigenvalue weighted by Gasteiger charge is 2.33. The van der Waals surface area contributed by atoms with Crippen LogP contribution in [0.15, 0.2) is 91.0 Å². The quantitative estimate of drug-likeness (QED) is 0.220. The number of aliphatic hydroxyl groups excluding tert-OH is 1. The maximum absolute atomic E-state index is 12.7. The lowest BCUT2D eigenvalue weighted by molar-refractivity contribution is 0.0197. The summed E-state index contributed by atoms with van der Waals surface area (Å²) in [6.07, 6.45) is -3.49. The molecule has 10 heteroatoms. The Balaban J connectivity index is 1.36. The predicted molar refractivity (Wildman–Crippen MR) is 148 cm³/mol. The Morgan fingerprint density at radius 3 is 1.98 bits per heavy atom. The third-order valence-electron chi connectivity index (χ3n) is 6.45. The van der Waals surface area contributed by atoms with Gasteiger partial charge in [-0.2, -0.15) is 0 Å². The topological polar surface area (TPSA) is 147 Å². The molecule has 4 aromatic rings. The van der Waals surface area contributed by atoms with Gasteiger partial charge in [-0.25, -0.2) is 9.59 Å². The van der Waals surface area contributed by atoms with Crippen molar-refractivity contribution in [2.24, 2.45) is 0 Å². The van der Waals surface area contributed by atoms with Gasteiger partial charge in [0.15, 0.2) is 11.5 Å². The van der Waals surface area contributed by atoms with Gasteiger partial charge in [0.2, 0.25) is 0 Å². The van der Waals surface area contributed by atoms with E-state index in [0.29, 0.717) is 11.1 Å². The molecule has 10 nitrogen and oxygen atoms in total. The van der Waals surface area contributed by atoms with Crippen molar-refractivity contribution in [3.8, 4) is 28.7 Å². The van der Waals surface area contributed by atoms with Gasteiger partial charge in [0.25, 0.3) is 0 Å². The molecule has 2 atom stereocenters. The lowest BCUT2D eigenvalue weighted by Crippen LogP contribution is -2.31. The fourth-order valence-corrected chi connectivity index (χ4v) is 4.43. The largest absolute Gasteiger partial charge is 0.508 e. The summed E-state index contributed by atoms with van der Waals surface area (Å²) in [6, 6.07) is 25.5. The summed E-state index contributed by atoms with van der Waals surface area (Å²) < 4.78 is 16.9. The summed E-state index contributed by atoms with van der Waals surface area (Å²) in [5, 5.41) is 36.2. The number of ether oxygens (including phenoxy) is 3. The van der Waals surface area contributed by atoms with Gasteiger partial charge < -0.3 is 40.2 Å². The summed E-state index contributed by atoms with van der Waals surface area (Å²) in [6.45, 7) is 0.439. The minimum Gasteiger partial charge on any atom is -0.508 e. The van der Waals surface area contributed by atoms with Gasteiger partial charge >= 0.3 is 12.2 Å². The van der Waals surface area contributed by atoms with Crippen LogP contribution in [0.2, 0.25) is 0 Å². The maximum atomic E-state index is 12.7. The highest BCUT2D eigenvalue weighted by Crippen LogP contribution is 2.43. The average Bonchev–Trinajstić information content (AvgIpc) is 2.97. The molecule has 210 valence electrons. The van der Waals surface area contributed by atoms with Gasteiger partial charge in [0.05, 0.1) is 6.10 Å². The monoisotopic (exact) mass is 556 g/mol. The van der Waals surface area contributed by atoms with Crippen LogP contribution in [0.3, 0.4) is 0 Å². The molecule has 1 unspecified atom stereocenters. The number of fused-ring (bicyclic) bond motifs is 1. The Kier molecular flexibility index (Phi) is 8.21. The average molecular weight is 557 g/mol. The zero-order valence-corrected chi connectivity index (χ0v) is 21.8. The van der Waals surface area contributed by atoms with Crippen molar-refractivity contribution in [3.05, 3.63) is 113 Å². The smallest absolute Gasteiger partial charge is 0.413 e. The number of carbonyl (C=O) groups is 2. The van der Waals surface area contributed by atoms with E-state index in [0.717, 1.165) is 11.1 Å². The Labute approximate surface area is 235 Å². The van der Waals surface area contributed by atoms with Gasteiger partial charge in [-0.05, 0) is 28.8 Å². The molecule has 1 aliphatic heterocycles. The third kappa shape index (κ3) is 6.87. The van der Waals surface area contributed by atoms with Gasteiger partial charge in [-0.3, -0.25) is 0 Å². The van der Waals surface area contributed by atoms with E-state index < -0.39 is 24.4 Å². The molecule has 5 N–H and O–H groups in total. The second-order valence-electron chi connectivity index (χ2n) is 9.42. The van der Waals surface area contributed by atoms with E-state index in [1.165, 1.54) is 24.3 Å². The van der Waals surface area contributed by atoms with Crippen LogP contribution in [0.1, 0.15) is 28.4 Å². The molecule has 0 aromatic heterocycles. The molecule has 0 bridgehead atoms. The zero-order chi connectivity index (χ0) is 28.8. The van der Waals surface area contributed by atoms with Crippen molar-refractivity contribution in [2.45, 2.75) is 31.7 Å². The molecule has 0 radical (unpaired) electrons. The van der Waals surface area contributed by atoms with Crippen LogP contribution in [0.5, 0.6) is 28.7 Å². The number of aliphatic hydroxyl groups is 1. The van der Waals surface area contributed by atoms with E-state index in [-0.39, 0.29) is 48.3 Å². The molecule has 0 spiro atoms. The first-order chi connectivity index (χ1) is 19.9. The number of hydrogen-bond acceptors (Lipinski definition) is 8. The first-order valence-electron chi connectivity index (χ1n) is 12.9. The number of amides is 2. The second-order valence-corrected chi connectivity index (χ2v) is 9.42. The van der Waals surface area contributed by atoms with Crippen molar-refractivity contribution in [1.29, 1.82) is 0 Å². The number of aromatic hydroxyl groups is 2. The van der Waals surface area contributed by atoms with Crippen LogP contribution in [0.4, 0.5) is 9.59 Å². The van der Waals surface area contributed by atoms with Crippen molar-refractivity contribution in [3.63, 3.8) is 0 Å². The molecule has 0 aliphatic carbocycles. The van der Waals surface area contributed by atoms with Gasteiger partial charge in [0.1, 0.15) is 23.4 Å². The maximum Gasteiger partial charge on any atom is 0.413 e. The van der Waals surface area contributed by atoms with Crippen molar-refractivity contribution in [1.82, 2.24) is 10.6 Å². The molecular weight excluding hydrogens is 528 g/mol. The molecule has 41 heavy (non-hydrogen) atoms. The number of benzene rings is 4. The van der Waals surface area contributed by atoms with E-state index >= 15 is 0 Å². The number of nitrogens with one attached hydrogen (secondary N) is 2. The number of hydrogen-bond donors (Lipinski definition) is 5. The van der Waals surface area contributed by atoms with E-state index in [1.807, 2.05) is 60.7 Å². The first kappa shape index (κ1) is 27.4. The van der Waals surface area contributed by atoms with E-state index in [4.69, 9.17) is 14.2 Å². The summed E-state index contributed by atoms with van der Waals surface area (Å²) in [7, 11) is 0. The lowest BCUT2D eigenvalue weighted by Gasteiger charge is -2.31. The van der Waals surface area contributed by atoms with Crippen molar-refractivity contribution in [2.75, 3.05) is 0 Å².